The normalized spacial score (nSPS) is 23.4. The summed E-state index contributed by atoms with van der Waals surface area (Å²) in [5, 5.41) is 0. The van der Waals surface area contributed by atoms with Crippen molar-refractivity contribution in [2.24, 2.45) is 0 Å². The van der Waals surface area contributed by atoms with E-state index in [9.17, 15) is 13.2 Å². The fourth-order valence-electron chi connectivity index (χ4n) is 6.14. The van der Waals surface area contributed by atoms with Crippen molar-refractivity contribution < 1.29 is 22.7 Å². The molecule has 3 aliphatic rings. The van der Waals surface area contributed by atoms with Crippen LogP contribution in [-0.4, -0.2) is 119 Å². The summed E-state index contributed by atoms with van der Waals surface area (Å²) in [5.41, 5.74) is 1.33. The molecular weight excluding hydrogens is 492 g/mol. The topological polar surface area (TPSA) is 82.6 Å². The maximum absolute atomic E-state index is 13.8. The molecule has 3 saturated heterocycles. The molecule has 0 N–H and O–H groups in total. The monoisotopic (exact) mass is 536 g/mol. The first-order valence-electron chi connectivity index (χ1n) is 13.7. The molecule has 3 aliphatic heterocycles. The summed E-state index contributed by atoms with van der Waals surface area (Å²) >= 11 is 0. The summed E-state index contributed by atoms with van der Waals surface area (Å²) < 4.78 is 40.3. The van der Waals surface area contributed by atoms with E-state index in [0.29, 0.717) is 47.4 Å². The Morgan fingerprint density at radius 3 is 2.24 bits per heavy atom. The summed E-state index contributed by atoms with van der Waals surface area (Å²) in [4.78, 5) is 19.8. The Kier molecular flexibility index (Phi) is 9.50. The third kappa shape index (κ3) is 6.65. The van der Waals surface area contributed by atoms with Gasteiger partial charge in [-0.05, 0) is 82.9 Å². The van der Waals surface area contributed by atoms with Crippen LogP contribution in [-0.2, 0) is 19.6 Å². The Morgan fingerprint density at radius 2 is 1.62 bits per heavy atom. The van der Waals surface area contributed by atoms with Crippen molar-refractivity contribution in [3.63, 3.8) is 0 Å². The zero-order valence-corrected chi connectivity index (χ0v) is 23.8. The van der Waals surface area contributed by atoms with E-state index in [1.165, 1.54) is 32.4 Å². The Balaban J connectivity index is 1.34. The number of amides is 1. The molecule has 1 amide bonds. The highest BCUT2D eigenvalue weighted by Crippen LogP contribution is 2.30. The lowest BCUT2D eigenvalue weighted by Crippen LogP contribution is -2.56. The van der Waals surface area contributed by atoms with Crippen LogP contribution in [0.5, 0.6) is 5.75 Å². The van der Waals surface area contributed by atoms with Gasteiger partial charge in [-0.25, -0.2) is 8.42 Å². The van der Waals surface area contributed by atoms with Gasteiger partial charge in [0, 0.05) is 38.8 Å². The first-order chi connectivity index (χ1) is 17.7. The number of aryl methyl sites for hydroxylation is 2. The molecule has 1 aromatic carbocycles. The van der Waals surface area contributed by atoms with Gasteiger partial charge in [0.15, 0.2) is 0 Å². The number of carbonyl (C=O) groups is 1. The second-order valence-corrected chi connectivity index (χ2v) is 12.7. The van der Waals surface area contributed by atoms with Crippen LogP contribution >= 0.6 is 0 Å². The second kappa shape index (κ2) is 12.4. The first kappa shape index (κ1) is 28.3. The van der Waals surface area contributed by atoms with Gasteiger partial charge in [0.05, 0.1) is 24.7 Å². The highest BCUT2D eigenvalue weighted by molar-refractivity contribution is 7.89. The van der Waals surface area contributed by atoms with Crippen LogP contribution in [0, 0.1) is 13.8 Å². The van der Waals surface area contributed by atoms with Gasteiger partial charge in [-0.15, -0.1) is 0 Å². The molecule has 1 aromatic rings. The maximum Gasteiger partial charge on any atom is 0.248 e. The average molecular weight is 537 g/mol. The molecule has 9 nitrogen and oxygen atoms in total. The Hall–Kier alpha value is -1.72. The number of ether oxygens (including phenoxy) is 2. The number of benzene rings is 1. The van der Waals surface area contributed by atoms with Gasteiger partial charge in [0.2, 0.25) is 15.9 Å². The lowest BCUT2D eigenvalue weighted by Gasteiger charge is -2.40. The predicted octanol–water partition coefficient (Wildman–Crippen LogP) is 2.11. The zero-order chi connectivity index (χ0) is 26.6. The van der Waals surface area contributed by atoms with Crippen LogP contribution in [0.2, 0.25) is 0 Å². The van der Waals surface area contributed by atoms with Crippen LogP contribution in [0.3, 0.4) is 0 Å². The van der Waals surface area contributed by atoms with Crippen LogP contribution in [0.15, 0.2) is 17.0 Å². The van der Waals surface area contributed by atoms with Crippen molar-refractivity contribution in [2.75, 3.05) is 73.2 Å². The van der Waals surface area contributed by atoms with Gasteiger partial charge in [0.1, 0.15) is 12.4 Å². The molecule has 0 spiro atoms. The Labute approximate surface area is 222 Å². The van der Waals surface area contributed by atoms with Crippen molar-refractivity contribution in [3.8, 4) is 5.75 Å². The van der Waals surface area contributed by atoms with E-state index in [1.807, 2.05) is 11.9 Å². The fourth-order valence-corrected chi connectivity index (χ4v) is 8.14. The number of rotatable bonds is 8. The molecule has 10 heteroatoms. The summed E-state index contributed by atoms with van der Waals surface area (Å²) in [6.45, 7) is 9.29. The largest absolute Gasteiger partial charge is 0.497 e. The molecule has 3 heterocycles. The number of sulfonamides is 1. The van der Waals surface area contributed by atoms with Crippen molar-refractivity contribution in [1.29, 1.82) is 0 Å². The predicted molar refractivity (Wildman–Crippen MR) is 143 cm³/mol. The summed E-state index contributed by atoms with van der Waals surface area (Å²) in [7, 11) is -0.175. The molecule has 0 aliphatic carbocycles. The van der Waals surface area contributed by atoms with Crippen molar-refractivity contribution in [3.05, 3.63) is 23.3 Å². The molecule has 4 rings (SSSR count). The Bertz CT molecular complexity index is 1010. The van der Waals surface area contributed by atoms with E-state index in [-0.39, 0.29) is 25.2 Å². The molecule has 1 atom stereocenters. The summed E-state index contributed by atoms with van der Waals surface area (Å²) in [6.07, 6.45) is 5.94. The molecular formula is C27H44N4O5S. The molecule has 37 heavy (non-hydrogen) atoms. The number of hydrogen-bond donors (Lipinski definition) is 0. The van der Waals surface area contributed by atoms with Gasteiger partial charge < -0.3 is 24.2 Å². The molecule has 0 saturated carbocycles. The smallest absolute Gasteiger partial charge is 0.248 e. The lowest BCUT2D eigenvalue weighted by atomic mass is 10.00. The van der Waals surface area contributed by atoms with E-state index in [2.05, 4.69) is 9.80 Å². The van der Waals surface area contributed by atoms with Crippen molar-refractivity contribution in [1.82, 2.24) is 19.0 Å². The number of nitrogens with zero attached hydrogens (tertiary/aromatic N) is 4. The molecule has 3 fully saturated rings. The molecule has 1 unspecified atom stereocenters. The lowest BCUT2D eigenvalue weighted by molar-refractivity contribution is -0.138. The van der Waals surface area contributed by atoms with Crippen molar-refractivity contribution >= 4 is 15.9 Å². The van der Waals surface area contributed by atoms with E-state index in [1.54, 1.807) is 37.4 Å². The third-order valence-corrected chi connectivity index (χ3v) is 10.4. The van der Waals surface area contributed by atoms with Crippen LogP contribution < -0.4 is 4.74 Å². The van der Waals surface area contributed by atoms with Gasteiger partial charge in [-0.2, -0.15) is 4.31 Å². The van der Waals surface area contributed by atoms with E-state index in [0.717, 1.165) is 25.9 Å². The van der Waals surface area contributed by atoms with Crippen LogP contribution in [0.4, 0.5) is 0 Å². The molecule has 0 radical (unpaired) electrons. The minimum atomic E-state index is -3.74. The second-order valence-electron chi connectivity index (χ2n) is 10.8. The third-order valence-electron chi connectivity index (χ3n) is 8.13. The highest BCUT2D eigenvalue weighted by Gasteiger charge is 2.37. The van der Waals surface area contributed by atoms with E-state index >= 15 is 0 Å². The Morgan fingerprint density at radius 1 is 0.973 bits per heavy atom. The van der Waals surface area contributed by atoms with Gasteiger partial charge in [-0.1, -0.05) is 6.42 Å². The van der Waals surface area contributed by atoms with Crippen molar-refractivity contribution in [2.45, 2.75) is 62.9 Å². The summed E-state index contributed by atoms with van der Waals surface area (Å²) in [5.74, 6) is 0.642. The standard InChI is InChI=1S/C27H44N4O5S/c1-21-16-25(35-4)17-22(2)27(21)37(33,34)31-15-14-28(3)18-24(31)19-36-20-26(32)30-12-8-23(9-13-30)29-10-6-5-7-11-29/h16-17,23-24H,5-15,18-20H2,1-4H3. The van der Waals surface area contributed by atoms with Gasteiger partial charge in [-0.3, -0.25) is 4.79 Å². The SMILES string of the molecule is COc1cc(C)c(S(=O)(=O)N2CCN(C)CC2COCC(=O)N2CCC(N3CCCCC3)CC2)c(C)c1. The van der Waals surface area contributed by atoms with Gasteiger partial charge in [0.25, 0.3) is 0 Å². The van der Waals surface area contributed by atoms with E-state index in [4.69, 9.17) is 9.47 Å². The minimum absolute atomic E-state index is 0.00231. The number of carbonyl (C=O) groups excluding carboxylic acids is 1. The number of likely N-dealkylation sites (N-methyl/N-ethyl adjacent to an activating group) is 1. The quantitative estimate of drug-likeness (QED) is 0.503. The average Bonchev–Trinajstić information content (AvgIpc) is 2.88. The first-order valence-corrected chi connectivity index (χ1v) is 15.1. The number of piperazine rings is 1. The molecule has 208 valence electrons. The highest BCUT2D eigenvalue weighted by atomic mass is 32.2. The van der Waals surface area contributed by atoms with E-state index < -0.39 is 10.0 Å². The number of methoxy groups -OCH3 is 1. The van der Waals surface area contributed by atoms with Crippen LogP contribution in [0.1, 0.15) is 43.2 Å². The summed E-state index contributed by atoms with van der Waals surface area (Å²) in [6, 6.07) is 3.75. The molecule has 0 aromatic heterocycles. The minimum Gasteiger partial charge on any atom is -0.497 e. The fraction of sp³-hybridized carbons (Fsp3) is 0.741. The van der Waals surface area contributed by atoms with Crippen LogP contribution in [0.25, 0.3) is 0 Å². The van der Waals surface area contributed by atoms with Gasteiger partial charge >= 0.3 is 0 Å². The number of piperidine rings is 2. The number of likely N-dealkylation sites (tertiary alicyclic amines) is 2. The maximum atomic E-state index is 13.8. The molecule has 0 bridgehead atoms. The number of hydrogen-bond acceptors (Lipinski definition) is 7. The zero-order valence-electron chi connectivity index (χ0n) is 22.9.